The second-order valence-corrected chi connectivity index (χ2v) is 4.34. The van der Waals surface area contributed by atoms with Crippen molar-refractivity contribution in [2.75, 3.05) is 13.6 Å². The predicted octanol–water partition coefficient (Wildman–Crippen LogP) is -0.583. The fourth-order valence-corrected chi connectivity index (χ4v) is 1.80. The molecule has 0 bridgehead atoms. The standard InChI is InChI=1S/C11H17NO4/c1-8-5-6-12(2)9(7-8)16-11(15)4-3-10(13)14/h3-4,8-9H,5-7H2,1-2H3,(H,13,14)/p+2/b4-3+. The highest BCUT2D eigenvalue weighted by atomic mass is 16.6. The first-order valence-corrected chi connectivity index (χ1v) is 5.45. The summed E-state index contributed by atoms with van der Waals surface area (Å²) in [6.07, 6.45) is 3.85. The Balaban J connectivity index is 2.46. The quantitative estimate of drug-likeness (QED) is 0.386. The van der Waals surface area contributed by atoms with Crippen molar-refractivity contribution in [3.63, 3.8) is 0 Å². The Morgan fingerprint density at radius 3 is 2.88 bits per heavy atom. The lowest BCUT2D eigenvalue weighted by Gasteiger charge is -2.27. The van der Waals surface area contributed by atoms with E-state index in [1.807, 2.05) is 7.05 Å². The summed E-state index contributed by atoms with van der Waals surface area (Å²) in [5.74, 6) is -0.862. The molecule has 16 heavy (non-hydrogen) atoms. The number of carboxylic acid groups (broad SMARTS) is 1. The number of aliphatic carboxylic acids is 1. The van der Waals surface area contributed by atoms with Gasteiger partial charge in [0.15, 0.2) is 0 Å². The third kappa shape index (κ3) is 4.02. The minimum Gasteiger partial charge on any atom is -0.478 e. The van der Waals surface area contributed by atoms with Gasteiger partial charge in [0.25, 0.3) is 0 Å². The zero-order valence-corrected chi connectivity index (χ0v) is 9.64. The van der Waals surface area contributed by atoms with E-state index in [1.54, 1.807) is 0 Å². The van der Waals surface area contributed by atoms with Crippen LogP contribution in [0.3, 0.4) is 0 Å². The molecular weight excluding hydrogens is 210 g/mol. The fourth-order valence-electron chi connectivity index (χ4n) is 1.80. The molecule has 0 aromatic heterocycles. The Bertz CT molecular complexity index is 300. The van der Waals surface area contributed by atoms with Crippen molar-refractivity contribution >= 4 is 11.9 Å². The maximum Gasteiger partial charge on any atom is 0.515 e. The molecular formula is C11H19NO4+2. The van der Waals surface area contributed by atoms with Gasteiger partial charge >= 0.3 is 18.2 Å². The highest BCUT2D eigenvalue weighted by molar-refractivity contribution is 5.91. The highest BCUT2D eigenvalue weighted by Gasteiger charge is 2.34. The van der Waals surface area contributed by atoms with Crippen LogP contribution in [0.4, 0.5) is 0 Å². The topological polar surface area (TPSA) is 72.4 Å². The molecule has 0 radical (unpaired) electrons. The Morgan fingerprint density at radius 2 is 2.25 bits per heavy atom. The maximum absolute atomic E-state index is 10.2. The van der Waals surface area contributed by atoms with Gasteiger partial charge in [-0.25, -0.2) is 4.79 Å². The summed E-state index contributed by atoms with van der Waals surface area (Å²) < 4.78 is 5.31. The van der Waals surface area contributed by atoms with Crippen molar-refractivity contribution in [1.29, 1.82) is 0 Å². The van der Waals surface area contributed by atoms with Crippen LogP contribution < -0.4 is 4.90 Å². The molecule has 0 saturated carbocycles. The van der Waals surface area contributed by atoms with E-state index < -0.39 is 5.97 Å². The first-order valence-electron chi connectivity index (χ1n) is 5.45. The lowest BCUT2D eigenvalue weighted by Crippen LogP contribution is -3.14. The zero-order chi connectivity index (χ0) is 12.1. The monoisotopic (exact) mass is 229 g/mol. The average molecular weight is 229 g/mol. The van der Waals surface area contributed by atoms with E-state index in [0.29, 0.717) is 5.92 Å². The van der Waals surface area contributed by atoms with Gasteiger partial charge in [-0.05, 0) is 12.3 Å². The van der Waals surface area contributed by atoms with E-state index >= 15 is 0 Å². The minimum absolute atomic E-state index is 0.0952. The van der Waals surface area contributed by atoms with Crippen molar-refractivity contribution < 1.29 is 24.3 Å². The number of rotatable bonds is 3. The molecule has 1 heterocycles. The van der Waals surface area contributed by atoms with Gasteiger partial charge in [0.2, 0.25) is 0 Å². The number of hydrogen-bond donors (Lipinski definition) is 2. The number of carbonyl (C=O) groups excluding carboxylic acids is 1. The minimum atomic E-state index is -1.10. The van der Waals surface area contributed by atoms with Gasteiger partial charge < -0.3 is 9.90 Å². The van der Waals surface area contributed by atoms with E-state index in [0.717, 1.165) is 31.5 Å². The van der Waals surface area contributed by atoms with Gasteiger partial charge in [0.1, 0.15) is 0 Å². The molecule has 0 aliphatic carbocycles. The molecule has 1 saturated heterocycles. The molecule has 0 amide bonds. The zero-order valence-electron chi connectivity index (χ0n) is 9.64. The van der Waals surface area contributed by atoms with Gasteiger partial charge in [0, 0.05) is 6.08 Å². The number of ether oxygens (including phenoxy) is 1. The van der Waals surface area contributed by atoms with E-state index in [1.165, 1.54) is 4.90 Å². The Labute approximate surface area is 94.7 Å². The van der Waals surface area contributed by atoms with Crippen molar-refractivity contribution in [3.05, 3.63) is 12.2 Å². The van der Waals surface area contributed by atoms with Crippen LogP contribution >= 0.6 is 0 Å². The lowest BCUT2D eigenvalue weighted by molar-refractivity contribution is -0.933. The molecule has 5 heteroatoms. The van der Waals surface area contributed by atoms with Crippen LogP contribution in [-0.2, 0) is 9.53 Å². The van der Waals surface area contributed by atoms with Crippen LogP contribution in [0, 0.1) is 5.92 Å². The van der Waals surface area contributed by atoms with E-state index in [-0.39, 0.29) is 12.2 Å². The lowest BCUT2D eigenvalue weighted by atomic mass is 9.98. The predicted molar refractivity (Wildman–Crippen MR) is 58.7 cm³/mol. The molecule has 90 valence electrons. The summed E-state index contributed by atoms with van der Waals surface area (Å²) in [5.41, 5.74) is 0. The van der Waals surface area contributed by atoms with Gasteiger partial charge in [-0.3, -0.25) is 9.64 Å². The average Bonchev–Trinajstić information content (AvgIpc) is 2.20. The Morgan fingerprint density at radius 1 is 1.56 bits per heavy atom. The molecule has 1 rings (SSSR count). The number of hydrogen-bond acceptors (Lipinski definition) is 2. The number of carbonyl (C=O) groups is 1. The molecule has 1 fully saturated rings. The van der Waals surface area contributed by atoms with E-state index in [4.69, 9.17) is 9.84 Å². The summed E-state index contributed by atoms with van der Waals surface area (Å²) in [6, 6.07) is 0. The van der Waals surface area contributed by atoms with E-state index in [9.17, 15) is 9.59 Å². The molecule has 3 unspecified atom stereocenters. The van der Waals surface area contributed by atoms with Crippen molar-refractivity contribution in [3.8, 4) is 0 Å². The van der Waals surface area contributed by atoms with Crippen LogP contribution in [0.5, 0.6) is 0 Å². The second-order valence-electron chi connectivity index (χ2n) is 4.34. The van der Waals surface area contributed by atoms with E-state index in [2.05, 4.69) is 6.92 Å². The SMILES string of the molecule is CC1CC[NH+](C)C(OC(=[OH+])/C=C/C(=O)O)C1. The maximum atomic E-state index is 10.2. The molecule has 1 aliphatic rings. The normalized spacial score (nSPS) is 30.2. The molecule has 0 aromatic carbocycles. The summed E-state index contributed by atoms with van der Waals surface area (Å²) in [6.45, 7) is 3.15. The highest BCUT2D eigenvalue weighted by Crippen LogP contribution is 2.12. The third-order valence-electron chi connectivity index (χ3n) is 2.83. The Hall–Kier alpha value is -1.36. The summed E-state index contributed by atoms with van der Waals surface area (Å²) >= 11 is 0. The largest absolute Gasteiger partial charge is 0.515 e. The van der Waals surface area contributed by atoms with Gasteiger partial charge in [-0.2, -0.15) is 0 Å². The molecule has 5 nitrogen and oxygen atoms in total. The summed E-state index contributed by atoms with van der Waals surface area (Å²) in [4.78, 5) is 20.8. The molecule has 3 atom stereocenters. The van der Waals surface area contributed by atoms with Crippen molar-refractivity contribution in [2.24, 2.45) is 5.92 Å². The number of esters is 1. The smallest absolute Gasteiger partial charge is 0.478 e. The van der Waals surface area contributed by atoms with Crippen LogP contribution in [0.25, 0.3) is 0 Å². The van der Waals surface area contributed by atoms with Crippen LogP contribution in [-0.4, -0.2) is 41.7 Å². The first-order chi connectivity index (χ1) is 7.49. The second kappa shape index (κ2) is 5.65. The van der Waals surface area contributed by atoms with Crippen molar-refractivity contribution in [2.45, 2.75) is 26.0 Å². The van der Waals surface area contributed by atoms with Gasteiger partial charge in [0.05, 0.1) is 26.1 Å². The molecule has 0 spiro atoms. The van der Waals surface area contributed by atoms with Gasteiger partial charge in [-0.1, -0.05) is 6.92 Å². The van der Waals surface area contributed by atoms with Crippen molar-refractivity contribution in [1.82, 2.24) is 0 Å². The summed E-state index contributed by atoms with van der Waals surface area (Å²) in [7, 11) is 2.00. The third-order valence-corrected chi connectivity index (χ3v) is 2.83. The first kappa shape index (κ1) is 12.7. The van der Waals surface area contributed by atoms with Crippen LogP contribution in [0.2, 0.25) is 0 Å². The molecule has 1 aliphatic heterocycles. The molecule has 0 aromatic rings. The number of piperidine rings is 1. The number of carboxylic acids is 1. The summed E-state index contributed by atoms with van der Waals surface area (Å²) in [5, 5.41) is 8.39. The number of quaternary nitrogens is 1. The van der Waals surface area contributed by atoms with Crippen LogP contribution in [0.15, 0.2) is 12.2 Å². The Kier molecular flexibility index (Phi) is 4.49. The molecule has 3 N–H and O–H groups in total. The number of nitrogens with one attached hydrogen (secondary N) is 1. The van der Waals surface area contributed by atoms with Crippen LogP contribution in [0.1, 0.15) is 19.8 Å². The number of likely N-dealkylation sites (tertiary alicyclic amines) is 1. The fraction of sp³-hybridized carbons (Fsp3) is 0.636. The van der Waals surface area contributed by atoms with Gasteiger partial charge in [-0.15, -0.1) is 0 Å².